The Hall–Kier alpha value is -1.37. The smallest absolute Gasteiger partial charge is 0.165 e. The minimum Gasteiger partial charge on any atom is -0.294 e. The molecule has 0 aromatic rings. The van der Waals surface area contributed by atoms with E-state index < -0.39 is 0 Å². The molecule has 0 radical (unpaired) electrons. The first kappa shape index (κ1) is 11.7. The zero-order valence-electron chi connectivity index (χ0n) is 11.4. The third-order valence-corrected chi connectivity index (χ3v) is 4.77. The Morgan fingerprint density at radius 2 is 1.94 bits per heavy atom. The van der Waals surface area contributed by atoms with E-state index in [1.165, 1.54) is 29.6 Å². The van der Waals surface area contributed by atoms with Crippen molar-refractivity contribution in [1.29, 1.82) is 0 Å². The van der Waals surface area contributed by atoms with Gasteiger partial charge in [-0.2, -0.15) is 0 Å². The van der Waals surface area contributed by atoms with Gasteiger partial charge in [-0.3, -0.25) is 4.79 Å². The van der Waals surface area contributed by atoms with Gasteiger partial charge in [-0.25, -0.2) is 0 Å². The maximum Gasteiger partial charge on any atom is 0.165 e. The zero-order chi connectivity index (χ0) is 13.0. The molecule has 0 aromatic heterocycles. The van der Waals surface area contributed by atoms with E-state index in [1.807, 2.05) is 13.8 Å². The Morgan fingerprint density at radius 3 is 2.72 bits per heavy atom. The van der Waals surface area contributed by atoms with E-state index >= 15 is 0 Å². The lowest BCUT2D eigenvalue weighted by Crippen LogP contribution is -2.40. The number of rotatable bonds is 0. The van der Waals surface area contributed by atoms with Gasteiger partial charge in [0, 0.05) is 10.8 Å². The molecule has 0 aromatic carbocycles. The molecule has 0 unspecified atom stereocenters. The fourth-order valence-corrected chi connectivity index (χ4v) is 3.65. The fourth-order valence-electron chi connectivity index (χ4n) is 3.65. The molecule has 0 aliphatic heterocycles. The summed E-state index contributed by atoms with van der Waals surface area (Å²) in [4.78, 5) is 12.1. The molecule has 0 fully saturated rings. The summed E-state index contributed by atoms with van der Waals surface area (Å²) in [7, 11) is 0. The van der Waals surface area contributed by atoms with Crippen molar-refractivity contribution >= 4 is 5.78 Å². The van der Waals surface area contributed by atoms with Crippen molar-refractivity contribution in [3.05, 3.63) is 47.1 Å². The van der Waals surface area contributed by atoms with Crippen molar-refractivity contribution < 1.29 is 4.79 Å². The number of hydrogen-bond donors (Lipinski definition) is 0. The van der Waals surface area contributed by atoms with Crippen LogP contribution in [0.1, 0.15) is 40.0 Å². The minimum atomic E-state index is -0.371. The molecule has 3 aliphatic carbocycles. The van der Waals surface area contributed by atoms with Crippen molar-refractivity contribution in [2.24, 2.45) is 10.8 Å². The van der Waals surface area contributed by atoms with Crippen LogP contribution in [0.4, 0.5) is 0 Å². The van der Waals surface area contributed by atoms with Crippen molar-refractivity contribution in [2.45, 2.75) is 40.0 Å². The summed E-state index contributed by atoms with van der Waals surface area (Å²) in [6, 6.07) is 0. The average Bonchev–Trinajstić information content (AvgIpc) is 2.35. The summed E-state index contributed by atoms with van der Waals surface area (Å²) in [5.41, 5.74) is 3.70. The third-order valence-electron chi connectivity index (χ3n) is 4.77. The highest BCUT2D eigenvalue weighted by atomic mass is 16.1. The van der Waals surface area contributed by atoms with Crippen LogP contribution in [0, 0.1) is 10.8 Å². The molecule has 1 nitrogen and oxygen atoms in total. The predicted octanol–water partition coefficient (Wildman–Crippen LogP) is 4.13. The van der Waals surface area contributed by atoms with Crippen LogP contribution in [-0.4, -0.2) is 5.78 Å². The van der Waals surface area contributed by atoms with Crippen molar-refractivity contribution in [3.63, 3.8) is 0 Å². The Morgan fingerprint density at radius 1 is 1.17 bits per heavy atom. The summed E-state index contributed by atoms with van der Waals surface area (Å²) < 4.78 is 0. The standard InChI is InChI=1S/C17H20O/c1-16(2)14-9-8-12-6-4-5-7-13(12)17(14,3)11-10-15(16)18/h7-11H,4-6H2,1-3H3/t17-/m1/s1. The molecule has 0 N–H and O–H groups in total. The number of carbonyl (C=O) groups excluding carboxylic acids is 1. The quantitative estimate of drug-likeness (QED) is 0.622. The number of fused-ring (bicyclic) bond motifs is 3. The van der Waals surface area contributed by atoms with E-state index in [0.717, 1.165) is 6.42 Å². The largest absolute Gasteiger partial charge is 0.294 e. The number of hydrogen-bond acceptors (Lipinski definition) is 1. The van der Waals surface area contributed by atoms with E-state index in [-0.39, 0.29) is 16.6 Å². The summed E-state index contributed by atoms with van der Waals surface area (Å²) in [5.74, 6) is 0.222. The number of ketones is 1. The Balaban J connectivity index is 2.23. The normalized spacial score (nSPS) is 33.1. The fraction of sp³-hybridized carbons (Fsp3) is 0.471. The van der Waals surface area contributed by atoms with Gasteiger partial charge in [0.25, 0.3) is 0 Å². The second-order valence-corrected chi connectivity index (χ2v) is 6.31. The van der Waals surface area contributed by atoms with Crippen LogP contribution in [0.2, 0.25) is 0 Å². The van der Waals surface area contributed by atoms with E-state index in [1.54, 1.807) is 6.08 Å². The molecule has 0 saturated carbocycles. The lowest BCUT2D eigenvalue weighted by molar-refractivity contribution is -0.121. The molecule has 0 amide bonds. The molecule has 1 heteroatoms. The van der Waals surface area contributed by atoms with Crippen LogP contribution in [0.25, 0.3) is 0 Å². The SMILES string of the molecule is CC1(C)C(=O)C=C[C@]2(C)C3=CCCCC3=CC=C12. The Kier molecular flexibility index (Phi) is 2.32. The van der Waals surface area contributed by atoms with Gasteiger partial charge in [-0.15, -0.1) is 0 Å². The lowest BCUT2D eigenvalue weighted by Gasteiger charge is -2.46. The van der Waals surface area contributed by atoms with Crippen LogP contribution in [0.15, 0.2) is 47.1 Å². The molecule has 0 saturated heterocycles. The van der Waals surface area contributed by atoms with Gasteiger partial charge < -0.3 is 0 Å². The molecule has 0 heterocycles. The van der Waals surface area contributed by atoms with Gasteiger partial charge in [0.2, 0.25) is 0 Å². The van der Waals surface area contributed by atoms with Crippen molar-refractivity contribution in [1.82, 2.24) is 0 Å². The van der Waals surface area contributed by atoms with Gasteiger partial charge in [0.15, 0.2) is 5.78 Å². The number of carbonyl (C=O) groups is 1. The van der Waals surface area contributed by atoms with E-state index in [0.29, 0.717) is 0 Å². The second-order valence-electron chi connectivity index (χ2n) is 6.31. The summed E-state index contributed by atoms with van der Waals surface area (Å²) in [6.45, 7) is 6.35. The van der Waals surface area contributed by atoms with E-state index in [4.69, 9.17) is 0 Å². The second kappa shape index (κ2) is 3.57. The lowest BCUT2D eigenvalue weighted by atomic mass is 9.57. The average molecular weight is 240 g/mol. The summed E-state index contributed by atoms with van der Waals surface area (Å²) >= 11 is 0. The molecule has 0 spiro atoms. The van der Waals surface area contributed by atoms with Crippen LogP contribution < -0.4 is 0 Å². The highest BCUT2D eigenvalue weighted by Crippen LogP contribution is 2.54. The van der Waals surface area contributed by atoms with Gasteiger partial charge in [-0.05, 0) is 62.8 Å². The first-order chi connectivity index (χ1) is 8.46. The maximum absolute atomic E-state index is 12.1. The van der Waals surface area contributed by atoms with Gasteiger partial charge >= 0.3 is 0 Å². The highest BCUT2D eigenvalue weighted by molar-refractivity contribution is 5.99. The van der Waals surface area contributed by atoms with Crippen LogP contribution in [0.5, 0.6) is 0 Å². The molecule has 1 atom stereocenters. The Bertz CT molecular complexity index is 540. The first-order valence-electron chi connectivity index (χ1n) is 6.83. The molecule has 94 valence electrons. The zero-order valence-corrected chi connectivity index (χ0v) is 11.4. The van der Waals surface area contributed by atoms with E-state index in [9.17, 15) is 4.79 Å². The van der Waals surface area contributed by atoms with Gasteiger partial charge in [0.05, 0.1) is 0 Å². The molecule has 3 aliphatic rings. The van der Waals surface area contributed by atoms with E-state index in [2.05, 4.69) is 31.2 Å². The molecule has 3 rings (SSSR count). The molecular formula is C17H20O. The Labute approximate surface area is 109 Å². The summed E-state index contributed by atoms with van der Waals surface area (Å²) in [6.07, 6.45) is 14.3. The van der Waals surface area contributed by atoms with Gasteiger partial charge in [-0.1, -0.05) is 24.3 Å². The molecule has 0 bridgehead atoms. The predicted molar refractivity (Wildman–Crippen MR) is 74.1 cm³/mol. The van der Waals surface area contributed by atoms with Crippen molar-refractivity contribution in [3.8, 4) is 0 Å². The molecule has 18 heavy (non-hydrogen) atoms. The van der Waals surface area contributed by atoms with Crippen LogP contribution >= 0.6 is 0 Å². The third kappa shape index (κ3) is 1.36. The number of allylic oxidation sites excluding steroid dienone is 8. The highest BCUT2D eigenvalue weighted by Gasteiger charge is 2.47. The topological polar surface area (TPSA) is 17.1 Å². The maximum atomic E-state index is 12.1. The summed E-state index contributed by atoms with van der Waals surface area (Å²) in [5, 5.41) is 0. The van der Waals surface area contributed by atoms with Crippen LogP contribution in [-0.2, 0) is 4.79 Å². The van der Waals surface area contributed by atoms with Crippen molar-refractivity contribution in [2.75, 3.05) is 0 Å². The van der Waals surface area contributed by atoms with Crippen LogP contribution in [0.3, 0.4) is 0 Å². The molecular weight excluding hydrogens is 220 g/mol. The van der Waals surface area contributed by atoms with Gasteiger partial charge in [0.1, 0.15) is 0 Å². The minimum absolute atomic E-state index is 0.0675. The first-order valence-corrected chi connectivity index (χ1v) is 6.83. The monoisotopic (exact) mass is 240 g/mol.